The quantitative estimate of drug-likeness (QED) is 0.324. The van der Waals surface area contributed by atoms with Crippen molar-refractivity contribution in [2.24, 2.45) is 0 Å². The highest BCUT2D eigenvalue weighted by Crippen LogP contribution is 2.22. The van der Waals surface area contributed by atoms with Crippen molar-refractivity contribution in [3.63, 3.8) is 0 Å². The number of benzene rings is 1. The Morgan fingerprint density at radius 2 is 1.80 bits per heavy atom. The van der Waals surface area contributed by atoms with Gasteiger partial charge >= 0.3 is 0 Å². The molecular formula is C22H20ClN7O4S. The first kappa shape index (κ1) is 23.1. The van der Waals surface area contributed by atoms with E-state index in [1.54, 1.807) is 37.3 Å². The fourth-order valence-corrected chi connectivity index (χ4v) is 5.36. The molecule has 1 saturated heterocycles. The molecule has 4 aromatic rings. The average molecular weight is 514 g/mol. The standard InChI is InChI=1S/C22H20ClN7O4S/c1-14-10-15(4-5-30(14)32)16-12-24-20(25-13-16)21(31)28-6-8-29(9-7-28)35(33,34)22-26-18-3-2-17(23)11-19(18)27-22/h2-5,10-13H,6-9H2,1H3,(H,26,27). The Bertz CT molecular complexity index is 1530. The highest BCUT2D eigenvalue weighted by atomic mass is 35.5. The molecule has 0 bridgehead atoms. The number of hydrogen-bond acceptors (Lipinski definition) is 7. The summed E-state index contributed by atoms with van der Waals surface area (Å²) in [5.41, 5.74) is 3.00. The molecule has 35 heavy (non-hydrogen) atoms. The molecule has 11 nitrogen and oxygen atoms in total. The lowest BCUT2D eigenvalue weighted by Crippen LogP contribution is -2.50. The molecule has 180 valence electrons. The zero-order valence-corrected chi connectivity index (χ0v) is 20.1. The summed E-state index contributed by atoms with van der Waals surface area (Å²) in [5.74, 6) is -0.362. The van der Waals surface area contributed by atoms with E-state index in [1.165, 1.54) is 27.8 Å². The Morgan fingerprint density at radius 1 is 1.09 bits per heavy atom. The van der Waals surface area contributed by atoms with Crippen LogP contribution in [0.3, 0.4) is 0 Å². The number of aryl methyl sites for hydroxylation is 1. The van der Waals surface area contributed by atoms with Crippen molar-refractivity contribution in [1.29, 1.82) is 0 Å². The zero-order chi connectivity index (χ0) is 24.7. The van der Waals surface area contributed by atoms with E-state index < -0.39 is 10.0 Å². The third-order valence-corrected chi connectivity index (χ3v) is 7.77. The Morgan fingerprint density at radius 3 is 2.49 bits per heavy atom. The number of pyridine rings is 1. The van der Waals surface area contributed by atoms with Crippen LogP contribution in [0.2, 0.25) is 5.02 Å². The topological polar surface area (TPSA) is 139 Å². The normalized spacial score (nSPS) is 15.0. The predicted molar refractivity (Wildman–Crippen MR) is 127 cm³/mol. The van der Waals surface area contributed by atoms with Gasteiger partial charge in [0, 0.05) is 68.2 Å². The van der Waals surface area contributed by atoms with E-state index in [2.05, 4.69) is 19.9 Å². The monoisotopic (exact) mass is 513 g/mol. The molecule has 0 unspecified atom stereocenters. The Labute approximate surface area is 205 Å². The lowest BCUT2D eigenvalue weighted by Gasteiger charge is -2.33. The molecule has 1 amide bonds. The molecule has 1 N–H and O–H groups in total. The smallest absolute Gasteiger partial charge is 0.291 e. The van der Waals surface area contributed by atoms with E-state index >= 15 is 0 Å². The van der Waals surface area contributed by atoms with E-state index in [1.807, 2.05) is 0 Å². The summed E-state index contributed by atoms with van der Waals surface area (Å²) < 4.78 is 28.2. The van der Waals surface area contributed by atoms with Gasteiger partial charge in [0.1, 0.15) is 0 Å². The fourth-order valence-electron chi connectivity index (χ4n) is 3.85. The summed E-state index contributed by atoms with van der Waals surface area (Å²) >= 11 is 5.97. The van der Waals surface area contributed by atoms with E-state index in [0.29, 0.717) is 27.3 Å². The second kappa shape index (κ2) is 8.87. The number of aromatic amines is 1. The van der Waals surface area contributed by atoms with Crippen LogP contribution in [-0.2, 0) is 10.0 Å². The van der Waals surface area contributed by atoms with Crippen LogP contribution in [0.4, 0.5) is 0 Å². The molecule has 0 atom stereocenters. The van der Waals surface area contributed by atoms with E-state index in [9.17, 15) is 18.4 Å². The summed E-state index contributed by atoms with van der Waals surface area (Å²) in [6, 6.07) is 8.26. The van der Waals surface area contributed by atoms with Gasteiger partial charge < -0.3 is 15.1 Å². The van der Waals surface area contributed by atoms with Crippen molar-refractivity contribution in [2.45, 2.75) is 12.1 Å². The molecule has 1 fully saturated rings. The van der Waals surface area contributed by atoms with E-state index in [0.717, 1.165) is 10.3 Å². The third-order valence-electron chi connectivity index (χ3n) is 5.81. The molecule has 4 heterocycles. The number of nitrogens with one attached hydrogen (secondary N) is 1. The highest BCUT2D eigenvalue weighted by molar-refractivity contribution is 7.89. The lowest BCUT2D eigenvalue weighted by molar-refractivity contribution is -0.612. The average Bonchev–Trinajstić information content (AvgIpc) is 3.30. The van der Waals surface area contributed by atoms with Gasteiger partial charge in [0.2, 0.25) is 11.0 Å². The minimum absolute atomic E-state index is 0.0192. The van der Waals surface area contributed by atoms with Crippen molar-refractivity contribution in [3.8, 4) is 11.1 Å². The SMILES string of the molecule is Cc1cc(-c2cnc(C(=O)N3CCN(S(=O)(=O)c4nc5ccc(Cl)cc5[nH]4)CC3)nc2)cc[n+]1[O-]. The number of rotatable bonds is 4. The molecular weight excluding hydrogens is 494 g/mol. The van der Waals surface area contributed by atoms with Crippen LogP contribution in [-0.4, -0.2) is 69.6 Å². The van der Waals surface area contributed by atoms with Crippen molar-refractivity contribution in [3.05, 3.63) is 70.7 Å². The van der Waals surface area contributed by atoms with Crippen molar-refractivity contribution in [1.82, 2.24) is 29.1 Å². The zero-order valence-electron chi connectivity index (χ0n) is 18.5. The first-order valence-electron chi connectivity index (χ1n) is 10.7. The first-order valence-corrected chi connectivity index (χ1v) is 12.5. The maximum Gasteiger partial charge on any atom is 0.291 e. The van der Waals surface area contributed by atoms with Crippen LogP contribution in [0.15, 0.2) is 54.1 Å². The number of piperazine rings is 1. The molecule has 3 aromatic heterocycles. The van der Waals surface area contributed by atoms with Crippen LogP contribution in [0, 0.1) is 12.1 Å². The molecule has 1 aliphatic heterocycles. The van der Waals surface area contributed by atoms with Crippen LogP contribution in [0.1, 0.15) is 16.3 Å². The van der Waals surface area contributed by atoms with Gasteiger partial charge in [-0.1, -0.05) is 11.6 Å². The molecule has 13 heteroatoms. The van der Waals surface area contributed by atoms with Gasteiger partial charge in [-0.3, -0.25) is 4.79 Å². The molecule has 5 rings (SSSR count). The van der Waals surface area contributed by atoms with Gasteiger partial charge in [0.05, 0.1) is 11.0 Å². The molecule has 1 aliphatic rings. The number of carbonyl (C=O) groups excluding carboxylic acids is 1. The number of sulfonamides is 1. The van der Waals surface area contributed by atoms with E-state index in [-0.39, 0.29) is 43.1 Å². The minimum Gasteiger partial charge on any atom is -0.619 e. The molecule has 0 radical (unpaired) electrons. The summed E-state index contributed by atoms with van der Waals surface area (Å²) in [4.78, 5) is 29.8. The number of carbonyl (C=O) groups is 1. The van der Waals surface area contributed by atoms with E-state index in [4.69, 9.17) is 11.6 Å². The largest absolute Gasteiger partial charge is 0.619 e. The maximum absolute atomic E-state index is 13.1. The number of hydrogen-bond donors (Lipinski definition) is 1. The number of nitrogens with zero attached hydrogens (tertiary/aromatic N) is 6. The predicted octanol–water partition coefficient (Wildman–Crippen LogP) is 1.76. The van der Waals surface area contributed by atoms with Gasteiger partial charge in [-0.25, -0.2) is 23.4 Å². The Hall–Kier alpha value is -3.61. The Balaban J connectivity index is 1.26. The van der Waals surface area contributed by atoms with Crippen LogP contribution >= 0.6 is 11.6 Å². The lowest BCUT2D eigenvalue weighted by atomic mass is 10.1. The van der Waals surface area contributed by atoms with Gasteiger partial charge in [0.15, 0.2) is 11.9 Å². The van der Waals surface area contributed by atoms with Crippen molar-refractivity contribution in [2.75, 3.05) is 26.2 Å². The second-order valence-electron chi connectivity index (χ2n) is 8.08. The van der Waals surface area contributed by atoms with Gasteiger partial charge in [-0.15, -0.1) is 0 Å². The van der Waals surface area contributed by atoms with Crippen molar-refractivity contribution >= 4 is 38.6 Å². The number of halogens is 1. The van der Waals surface area contributed by atoms with Gasteiger partial charge in [0.25, 0.3) is 15.9 Å². The summed E-state index contributed by atoms with van der Waals surface area (Å²) in [6.45, 7) is 2.30. The number of H-pyrrole nitrogens is 1. The first-order chi connectivity index (χ1) is 16.7. The summed E-state index contributed by atoms with van der Waals surface area (Å²) in [6.07, 6.45) is 4.45. The van der Waals surface area contributed by atoms with Gasteiger partial charge in [-0.05, 0) is 23.8 Å². The van der Waals surface area contributed by atoms with Crippen LogP contribution < -0.4 is 4.73 Å². The van der Waals surface area contributed by atoms with Crippen LogP contribution in [0.25, 0.3) is 22.2 Å². The molecule has 0 saturated carbocycles. The molecule has 0 aliphatic carbocycles. The second-order valence-corrected chi connectivity index (χ2v) is 10.4. The summed E-state index contributed by atoms with van der Waals surface area (Å²) in [7, 11) is -3.86. The molecule has 1 aromatic carbocycles. The number of fused-ring (bicyclic) bond motifs is 1. The third kappa shape index (κ3) is 4.43. The molecule has 0 spiro atoms. The highest BCUT2D eigenvalue weighted by Gasteiger charge is 2.33. The minimum atomic E-state index is -3.86. The summed E-state index contributed by atoms with van der Waals surface area (Å²) in [5, 5.41) is 11.8. The maximum atomic E-state index is 13.1. The van der Waals surface area contributed by atoms with Gasteiger partial charge in [-0.2, -0.15) is 9.04 Å². The Kier molecular flexibility index (Phi) is 5.87. The number of imidazole rings is 1. The van der Waals surface area contributed by atoms with Crippen LogP contribution in [0.5, 0.6) is 0 Å². The van der Waals surface area contributed by atoms with Crippen molar-refractivity contribution < 1.29 is 17.9 Å². The number of amides is 1. The number of aromatic nitrogens is 5. The fraction of sp³-hybridized carbons (Fsp3) is 0.227.